The minimum absolute atomic E-state index is 0.484. The highest BCUT2D eigenvalue weighted by molar-refractivity contribution is 5.41. The second-order valence-electron chi connectivity index (χ2n) is 6.92. The zero-order chi connectivity index (χ0) is 17.6. The second-order valence-corrected chi connectivity index (χ2v) is 6.92. The van der Waals surface area contributed by atoms with Crippen molar-refractivity contribution < 1.29 is 0 Å². The normalized spacial score (nSPS) is 16.0. The fourth-order valence-corrected chi connectivity index (χ4v) is 3.17. The SMILES string of the molecule is Cc1cccc(CCN2CCC(Nc3ccnc(N(C)C)n3)CC2)n1. The van der Waals surface area contributed by atoms with Gasteiger partial charge in [-0.2, -0.15) is 4.98 Å². The summed E-state index contributed by atoms with van der Waals surface area (Å²) >= 11 is 0. The van der Waals surface area contributed by atoms with Crippen molar-refractivity contribution in [2.45, 2.75) is 32.2 Å². The molecule has 1 N–H and O–H groups in total. The van der Waals surface area contributed by atoms with Crippen LogP contribution in [0.2, 0.25) is 0 Å². The quantitative estimate of drug-likeness (QED) is 0.871. The zero-order valence-corrected chi connectivity index (χ0v) is 15.4. The van der Waals surface area contributed by atoms with Gasteiger partial charge in [0.1, 0.15) is 5.82 Å². The number of pyridine rings is 1. The van der Waals surface area contributed by atoms with Crippen LogP contribution in [0.15, 0.2) is 30.5 Å². The van der Waals surface area contributed by atoms with Crippen LogP contribution in [0.25, 0.3) is 0 Å². The van der Waals surface area contributed by atoms with Gasteiger partial charge in [-0.25, -0.2) is 4.98 Å². The van der Waals surface area contributed by atoms with E-state index >= 15 is 0 Å². The maximum atomic E-state index is 4.59. The lowest BCUT2D eigenvalue weighted by Gasteiger charge is -2.32. The van der Waals surface area contributed by atoms with Gasteiger partial charge in [-0.1, -0.05) is 6.07 Å². The third-order valence-electron chi connectivity index (χ3n) is 4.61. The molecule has 0 saturated carbocycles. The molecule has 6 heteroatoms. The number of aryl methyl sites for hydroxylation is 1. The van der Waals surface area contributed by atoms with E-state index in [1.54, 1.807) is 0 Å². The molecule has 0 unspecified atom stereocenters. The minimum Gasteiger partial charge on any atom is -0.367 e. The molecule has 134 valence electrons. The van der Waals surface area contributed by atoms with Gasteiger partial charge in [-0.15, -0.1) is 0 Å². The first-order valence-corrected chi connectivity index (χ1v) is 9.02. The van der Waals surface area contributed by atoms with E-state index in [1.807, 2.05) is 31.3 Å². The number of aromatic nitrogens is 3. The van der Waals surface area contributed by atoms with Gasteiger partial charge in [0, 0.05) is 63.8 Å². The average Bonchev–Trinajstić information content (AvgIpc) is 2.61. The molecule has 0 aromatic carbocycles. The molecule has 6 nitrogen and oxygen atoms in total. The molecule has 1 aliphatic heterocycles. The summed E-state index contributed by atoms with van der Waals surface area (Å²) in [5.41, 5.74) is 2.29. The van der Waals surface area contributed by atoms with E-state index in [1.165, 1.54) is 5.69 Å². The molecule has 0 atom stereocenters. The van der Waals surface area contributed by atoms with Crippen LogP contribution in [0.5, 0.6) is 0 Å². The van der Waals surface area contributed by atoms with Crippen molar-refractivity contribution in [3.8, 4) is 0 Å². The van der Waals surface area contributed by atoms with Crippen LogP contribution in [0.1, 0.15) is 24.2 Å². The summed E-state index contributed by atoms with van der Waals surface area (Å²) in [7, 11) is 3.92. The van der Waals surface area contributed by atoms with Gasteiger partial charge in [0.15, 0.2) is 0 Å². The van der Waals surface area contributed by atoms with E-state index < -0.39 is 0 Å². The van der Waals surface area contributed by atoms with Crippen molar-refractivity contribution in [2.75, 3.05) is 43.9 Å². The number of anilines is 2. The lowest BCUT2D eigenvalue weighted by molar-refractivity contribution is 0.221. The van der Waals surface area contributed by atoms with Gasteiger partial charge in [0.05, 0.1) is 0 Å². The van der Waals surface area contributed by atoms with Crippen molar-refractivity contribution >= 4 is 11.8 Å². The molecular weight excluding hydrogens is 312 g/mol. The van der Waals surface area contributed by atoms with Gasteiger partial charge in [-0.3, -0.25) is 4.98 Å². The first-order chi connectivity index (χ1) is 12.1. The third-order valence-corrected chi connectivity index (χ3v) is 4.61. The standard InChI is InChI=1S/C19H28N6/c1-15-5-4-6-16(21-15)8-12-25-13-9-17(10-14-25)22-18-7-11-20-19(23-18)24(2)3/h4-7,11,17H,8-10,12-14H2,1-3H3,(H,20,22,23). The Labute approximate surface area is 150 Å². The van der Waals surface area contributed by atoms with Crippen molar-refractivity contribution in [1.82, 2.24) is 19.9 Å². The Hall–Kier alpha value is -2.21. The van der Waals surface area contributed by atoms with Crippen LogP contribution in [0, 0.1) is 6.92 Å². The first-order valence-electron chi connectivity index (χ1n) is 9.02. The van der Waals surface area contributed by atoms with Gasteiger partial charge < -0.3 is 15.1 Å². The molecular formula is C19H28N6. The Morgan fingerprint density at radius 1 is 1.16 bits per heavy atom. The fourth-order valence-electron chi connectivity index (χ4n) is 3.17. The second kappa shape index (κ2) is 8.25. The Bertz CT molecular complexity index is 679. The van der Waals surface area contributed by atoms with Gasteiger partial charge in [0.2, 0.25) is 5.95 Å². The smallest absolute Gasteiger partial charge is 0.226 e. The molecule has 1 saturated heterocycles. The molecule has 0 radical (unpaired) electrons. The molecule has 0 bridgehead atoms. The summed E-state index contributed by atoms with van der Waals surface area (Å²) in [5.74, 6) is 1.66. The van der Waals surface area contributed by atoms with Gasteiger partial charge in [0.25, 0.3) is 0 Å². The number of rotatable bonds is 6. The first kappa shape index (κ1) is 17.6. The molecule has 2 aromatic rings. The highest BCUT2D eigenvalue weighted by atomic mass is 15.2. The predicted molar refractivity (Wildman–Crippen MR) is 102 cm³/mol. The molecule has 25 heavy (non-hydrogen) atoms. The average molecular weight is 340 g/mol. The van der Waals surface area contributed by atoms with Crippen molar-refractivity contribution in [2.24, 2.45) is 0 Å². The van der Waals surface area contributed by atoms with Crippen LogP contribution in [0.4, 0.5) is 11.8 Å². The number of hydrogen-bond donors (Lipinski definition) is 1. The molecule has 1 aliphatic rings. The Morgan fingerprint density at radius 2 is 1.96 bits per heavy atom. The summed E-state index contributed by atoms with van der Waals surface area (Å²) in [5, 5.41) is 3.56. The number of piperidine rings is 1. The van der Waals surface area contributed by atoms with Crippen LogP contribution < -0.4 is 10.2 Å². The fraction of sp³-hybridized carbons (Fsp3) is 0.526. The molecule has 0 spiro atoms. The van der Waals surface area contributed by atoms with Crippen LogP contribution in [0.3, 0.4) is 0 Å². The summed E-state index contributed by atoms with van der Waals surface area (Å²) in [6.45, 7) is 5.38. The molecule has 3 heterocycles. The Kier molecular flexibility index (Phi) is 5.81. The number of hydrogen-bond acceptors (Lipinski definition) is 6. The highest BCUT2D eigenvalue weighted by Gasteiger charge is 2.19. The van der Waals surface area contributed by atoms with E-state index in [0.717, 1.165) is 56.4 Å². The summed E-state index contributed by atoms with van der Waals surface area (Å²) in [6, 6.07) is 8.70. The van der Waals surface area contributed by atoms with E-state index in [9.17, 15) is 0 Å². The number of nitrogens with one attached hydrogen (secondary N) is 1. The largest absolute Gasteiger partial charge is 0.367 e. The Morgan fingerprint density at radius 3 is 2.68 bits per heavy atom. The molecule has 0 amide bonds. The lowest BCUT2D eigenvalue weighted by atomic mass is 10.0. The Balaban J connectivity index is 1.45. The monoisotopic (exact) mass is 340 g/mol. The van der Waals surface area contributed by atoms with Gasteiger partial charge >= 0.3 is 0 Å². The molecule has 1 fully saturated rings. The maximum Gasteiger partial charge on any atom is 0.226 e. The third kappa shape index (κ3) is 5.13. The molecule has 2 aromatic heterocycles. The topological polar surface area (TPSA) is 57.2 Å². The van der Waals surface area contributed by atoms with Gasteiger partial charge in [-0.05, 0) is 38.0 Å². The molecule has 3 rings (SSSR count). The van der Waals surface area contributed by atoms with E-state index in [-0.39, 0.29) is 0 Å². The predicted octanol–water partition coefficient (Wildman–Crippen LogP) is 2.37. The van der Waals surface area contributed by atoms with Crippen LogP contribution in [-0.4, -0.2) is 59.6 Å². The molecule has 0 aliphatic carbocycles. The number of nitrogens with zero attached hydrogens (tertiary/aromatic N) is 5. The highest BCUT2D eigenvalue weighted by Crippen LogP contribution is 2.16. The van der Waals surface area contributed by atoms with Crippen LogP contribution >= 0.6 is 0 Å². The lowest BCUT2D eigenvalue weighted by Crippen LogP contribution is -2.40. The van der Waals surface area contributed by atoms with E-state index in [4.69, 9.17) is 0 Å². The van der Waals surface area contributed by atoms with Crippen molar-refractivity contribution in [3.05, 3.63) is 41.9 Å². The van der Waals surface area contributed by atoms with E-state index in [2.05, 4.69) is 50.3 Å². The minimum atomic E-state index is 0.484. The maximum absolute atomic E-state index is 4.59. The summed E-state index contributed by atoms with van der Waals surface area (Å²) in [6.07, 6.45) is 5.12. The summed E-state index contributed by atoms with van der Waals surface area (Å²) in [4.78, 5) is 17.9. The zero-order valence-electron chi connectivity index (χ0n) is 15.4. The van der Waals surface area contributed by atoms with Crippen LogP contribution in [-0.2, 0) is 6.42 Å². The summed E-state index contributed by atoms with van der Waals surface area (Å²) < 4.78 is 0. The van der Waals surface area contributed by atoms with Crippen molar-refractivity contribution in [3.63, 3.8) is 0 Å². The van der Waals surface area contributed by atoms with Crippen molar-refractivity contribution in [1.29, 1.82) is 0 Å². The number of likely N-dealkylation sites (tertiary alicyclic amines) is 1. The van der Waals surface area contributed by atoms with E-state index in [0.29, 0.717) is 6.04 Å².